The monoisotopic (exact) mass is 195 g/mol. The van der Waals surface area contributed by atoms with Gasteiger partial charge in [-0.25, -0.2) is 0 Å². The third kappa shape index (κ3) is 3.28. The van der Waals surface area contributed by atoms with Crippen LogP contribution in [0.4, 0.5) is 0 Å². The molecule has 80 valence electrons. The van der Waals surface area contributed by atoms with Crippen molar-refractivity contribution in [3.05, 3.63) is 0 Å². The normalized spacial score (nSPS) is 24.8. The first-order chi connectivity index (χ1) is 6.77. The fourth-order valence-corrected chi connectivity index (χ4v) is 1.92. The topological polar surface area (TPSA) is 30.3 Å². The van der Waals surface area contributed by atoms with Crippen molar-refractivity contribution < 1.29 is 0 Å². The summed E-state index contributed by atoms with van der Waals surface area (Å²) >= 11 is 0. The lowest BCUT2D eigenvalue weighted by molar-refractivity contribution is 0.0968. The van der Waals surface area contributed by atoms with Crippen molar-refractivity contribution in [1.82, 2.24) is 9.80 Å². The fraction of sp³-hybridized carbons (Fsp3) is 0.909. The van der Waals surface area contributed by atoms with E-state index in [4.69, 9.17) is 5.26 Å². The molecule has 0 bridgehead atoms. The Bertz CT molecular complexity index is 195. The molecule has 3 nitrogen and oxygen atoms in total. The van der Waals surface area contributed by atoms with E-state index in [0.29, 0.717) is 12.5 Å². The van der Waals surface area contributed by atoms with Gasteiger partial charge >= 0.3 is 0 Å². The number of hydrogen-bond donors (Lipinski definition) is 0. The molecule has 0 spiro atoms. The van der Waals surface area contributed by atoms with Gasteiger partial charge in [0, 0.05) is 25.7 Å². The van der Waals surface area contributed by atoms with E-state index in [9.17, 15) is 0 Å². The Morgan fingerprint density at radius 1 is 1.43 bits per heavy atom. The van der Waals surface area contributed by atoms with E-state index in [-0.39, 0.29) is 0 Å². The van der Waals surface area contributed by atoms with Crippen LogP contribution in [0.25, 0.3) is 0 Å². The maximum Gasteiger partial charge on any atom is 0.0638 e. The van der Waals surface area contributed by atoms with Gasteiger partial charge in [-0.3, -0.25) is 4.90 Å². The number of nitrogens with zero attached hydrogens (tertiary/aromatic N) is 3. The van der Waals surface area contributed by atoms with Crippen molar-refractivity contribution >= 4 is 0 Å². The zero-order valence-electron chi connectivity index (χ0n) is 9.37. The van der Waals surface area contributed by atoms with Crippen molar-refractivity contribution in [3.8, 4) is 6.07 Å². The average molecular weight is 195 g/mol. The molecule has 1 aliphatic rings. The molecule has 0 radical (unpaired) electrons. The van der Waals surface area contributed by atoms with Gasteiger partial charge in [-0.2, -0.15) is 5.26 Å². The summed E-state index contributed by atoms with van der Waals surface area (Å²) in [6, 6.07) is 2.73. The first-order valence-electron chi connectivity index (χ1n) is 5.57. The summed E-state index contributed by atoms with van der Waals surface area (Å²) in [5.41, 5.74) is 0. The molecule has 1 aliphatic heterocycles. The van der Waals surface area contributed by atoms with Crippen molar-refractivity contribution in [2.45, 2.75) is 32.2 Å². The molecule has 0 amide bonds. The van der Waals surface area contributed by atoms with Gasteiger partial charge in [-0.05, 0) is 20.0 Å². The summed E-state index contributed by atoms with van der Waals surface area (Å²) in [5.74, 6) is 0. The van der Waals surface area contributed by atoms with Gasteiger partial charge < -0.3 is 4.90 Å². The molecule has 0 aromatic rings. The fourth-order valence-electron chi connectivity index (χ4n) is 1.92. The third-order valence-electron chi connectivity index (χ3n) is 3.02. The summed E-state index contributed by atoms with van der Waals surface area (Å²) in [5, 5.41) is 8.70. The van der Waals surface area contributed by atoms with Crippen molar-refractivity contribution in [2.75, 3.05) is 33.2 Å². The van der Waals surface area contributed by atoms with E-state index in [2.05, 4.69) is 29.8 Å². The van der Waals surface area contributed by atoms with Gasteiger partial charge in [-0.1, -0.05) is 13.3 Å². The molecule has 0 aromatic heterocycles. The number of nitriles is 1. The predicted octanol–water partition coefficient (Wildman–Crippen LogP) is 1.32. The highest BCUT2D eigenvalue weighted by molar-refractivity contribution is 4.87. The average Bonchev–Trinajstić information content (AvgIpc) is 2.19. The predicted molar refractivity (Wildman–Crippen MR) is 58.0 cm³/mol. The summed E-state index contributed by atoms with van der Waals surface area (Å²) in [7, 11) is 2.12. The van der Waals surface area contributed by atoms with Crippen LogP contribution in [0.1, 0.15) is 26.2 Å². The minimum absolute atomic E-state index is 0.450. The van der Waals surface area contributed by atoms with Gasteiger partial charge in [0.05, 0.1) is 12.5 Å². The molecule has 3 heteroatoms. The highest BCUT2D eigenvalue weighted by atomic mass is 15.3. The Morgan fingerprint density at radius 3 is 2.86 bits per heavy atom. The Kier molecular flexibility index (Phi) is 4.92. The van der Waals surface area contributed by atoms with Gasteiger partial charge in [0.1, 0.15) is 0 Å². The Balaban J connectivity index is 2.33. The molecule has 14 heavy (non-hydrogen) atoms. The van der Waals surface area contributed by atoms with E-state index >= 15 is 0 Å². The van der Waals surface area contributed by atoms with E-state index < -0.39 is 0 Å². The van der Waals surface area contributed by atoms with Gasteiger partial charge in [0.25, 0.3) is 0 Å². The molecule has 0 aliphatic carbocycles. The molecule has 1 heterocycles. The second-order valence-corrected chi connectivity index (χ2v) is 4.15. The zero-order chi connectivity index (χ0) is 10.4. The van der Waals surface area contributed by atoms with E-state index in [0.717, 1.165) is 13.1 Å². The Labute approximate surface area is 87.3 Å². The number of rotatable bonds is 4. The zero-order valence-corrected chi connectivity index (χ0v) is 9.37. The summed E-state index contributed by atoms with van der Waals surface area (Å²) in [6.07, 6.45) is 3.21. The van der Waals surface area contributed by atoms with Crippen LogP contribution in [0.2, 0.25) is 0 Å². The Morgan fingerprint density at radius 2 is 2.21 bits per heavy atom. The molecule has 1 unspecified atom stereocenters. The lowest BCUT2D eigenvalue weighted by Crippen LogP contribution is -2.51. The third-order valence-corrected chi connectivity index (χ3v) is 3.02. The summed E-state index contributed by atoms with van der Waals surface area (Å²) in [4.78, 5) is 4.80. The SMILES string of the molecule is CCCCN1CCN(C)C(CC#N)C1. The van der Waals surface area contributed by atoms with Crippen LogP contribution >= 0.6 is 0 Å². The van der Waals surface area contributed by atoms with Crippen LogP contribution < -0.4 is 0 Å². The molecule has 1 saturated heterocycles. The molecule has 0 saturated carbocycles. The molecule has 1 atom stereocenters. The summed E-state index contributed by atoms with van der Waals surface area (Å²) < 4.78 is 0. The van der Waals surface area contributed by atoms with Crippen LogP contribution in [0.3, 0.4) is 0 Å². The van der Waals surface area contributed by atoms with Gasteiger partial charge in [-0.15, -0.1) is 0 Å². The number of hydrogen-bond acceptors (Lipinski definition) is 3. The molecule has 1 rings (SSSR count). The maximum absolute atomic E-state index is 8.70. The lowest BCUT2D eigenvalue weighted by atomic mass is 10.1. The Hall–Kier alpha value is -0.590. The van der Waals surface area contributed by atoms with Crippen LogP contribution in [0.15, 0.2) is 0 Å². The second-order valence-electron chi connectivity index (χ2n) is 4.15. The molecular weight excluding hydrogens is 174 g/mol. The molecule has 0 aromatic carbocycles. The van der Waals surface area contributed by atoms with Crippen molar-refractivity contribution in [2.24, 2.45) is 0 Å². The number of unbranched alkanes of at least 4 members (excludes halogenated alkanes) is 1. The van der Waals surface area contributed by atoms with E-state index in [1.807, 2.05) is 0 Å². The molecule has 0 N–H and O–H groups in total. The second kappa shape index (κ2) is 6.00. The quantitative estimate of drug-likeness (QED) is 0.677. The number of piperazine rings is 1. The largest absolute Gasteiger partial charge is 0.300 e. The first kappa shape index (κ1) is 11.5. The maximum atomic E-state index is 8.70. The van der Waals surface area contributed by atoms with Crippen molar-refractivity contribution in [3.63, 3.8) is 0 Å². The minimum atomic E-state index is 0.450. The molecule has 1 fully saturated rings. The highest BCUT2D eigenvalue weighted by Gasteiger charge is 2.23. The van der Waals surface area contributed by atoms with E-state index in [1.54, 1.807) is 0 Å². The van der Waals surface area contributed by atoms with Crippen LogP contribution in [-0.4, -0.2) is 49.1 Å². The first-order valence-corrected chi connectivity index (χ1v) is 5.57. The van der Waals surface area contributed by atoms with Gasteiger partial charge in [0.2, 0.25) is 0 Å². The standard InChI is InChI=1S/C11H21N3/c1-3-4-7-14-9-8-13(2)11(10-14)5-6-12/h11H,3-5,7-10H2,1-2H3. The lowest BCUT2D eigenvalue weighted by Gasteiger charge is -2.38. The van der Waals surface area contributed by atoms with Crippen LogP contribution in [-0.2, 0) is 0 Å². The van der Waals surface area contributed by atoms with E-state index in [1.165, 1.54) is 25.9 Å². The smallest absolute Gasteiger partial charge is 0.0638 e. The van der Waals surface area contributed by atoms with Crippen molar-refractivity contribution in [1.29, 1.82) is 5.26 Å². The van der Waals surface area contributed by atoms with Crippen LogP contribution in [0, 0.1) is 11.3 Å². The van der Waals surface area contributed by atoms with Crippen LogP contribution in [0.5, 0.6) is 0 Å². The highest BCUT2D eigenvalue weighted by Crippen LogP contribution is 2.10. The summed E-state index contributed by atoms with van der Waals surface area (Å²) in [6.45, 7) is 6.77. The molecular formula is C11H21N3. The minimum Gasteiger partial charge on any atom is -0.300 e. The number of likely N-dealkylation sites (N-methyl/N-ethyl adjacent to an activating group) is 1. The van der Waals surface area contributed by atoms with Gasteiger partial charge in [0.15, 0.2) is 0 Å².